The molecule has 1 aromatic rings. The number of nitriles is 1. The van der Waals surface area contributed by atoms with E-state index in [4.69, 9.17) is 5.26 Å². The third-order valence-corrected chi connectivity index (χ3v) is 10.8. The van der Waals surface area contributed by atoms with Crippen molar-refractivity contribution in [3.8, 4) is 6.07 Å². The van der Waals surface area contributed by atoms with Crippen molar-refractivity contribution in [3.63, 3.8) is 0 Å². The van der Waals surface area contributed by atoms with Crippen LogP contribution in [0.3, 0.4) is 0 Å². The minimum absolute atomic E-state index is 0.139. The molecule has 10 atom stereocenters. The first-order chi connectivity index (χ1) is 15.5. The maximum Gasteiger partial charge on any atom is 0.102 e. The van der Waals surface area contributed by atoms with Gasteiger partial charge in [-0.3, -0.25) is 4.68 Å². The highest BCUT2D eigenvalue weighted by Crippen LogP contribution is 2.65. The molecule has 1 unspecified atom stereocenters. The Labute approximate surface area is 199 Å². The molecule has 1 heterocycles. The number of hydrogen-bond acceptors (Lipinski definition) is 4. The third-order valence-electron chi connectivity index (χ3n) is 10.8. The first kappa shape index (κ1) is 23.4. The summed E-state index contributed by atoms with van der Waals surface area (Å²) in [5, 5.41) is 36.0. The lowest BCUT2D eigenvalue weighted by Crippen LogP contribution is -2.60. The second-order valence-electron chi connectivity index (χ2n) is 13.1. The summed E-state index contributed by atoms with van der Waals surface area (Å²) in [5.41, 5.74) is -0.618. The zero-order valence-corrected chi connectivity index (χ0v) is 21.0. The smallest absolute Gasteiger partial charge is 0.102 e. The standard InChI is InChI=1S/C28H43N3O2/c1-18-5-8-24(28(4,33)17-31-16-19(14-29)15-30-31)27(3)12-10-22-21-9-11-26(2,32)13-20(21)6-7-23(22)25(18)27/h15-16,18,20-25,32-33H,5-13,17H2,1-4H3/t18-,20-,21+,22-,23-,24+,25+,26-,27-,28?/m1/s1. The Morgan fingerprint density at radius 2 is 1.88 bits per heavy atom. The highest BCUT2D eigenvalue weighted by molar-refractivity contribution is 5.21. The second-order valence-corrected chi connectivity index (χ2v) is 13.1. The fourth-order valence-electron chi connectivity index (χ4n) is 9.74. The van der Waals surface area contributed by atoms with E-state index in [9.17, 15) is 10.2 Å². The van der Waals surface area contributed by atoms with Crippen molar-refractivity contribution in [1.82, 2.24) is 9.78 Å². The van der Waals surface area contributed by atoms with E-state index < -0.39 is 11.2 Å². The molecule has 0 amide bonds. The van der Waals surface area contributed by atoms with Crippen LogP contribution in [0.4, 0.5) is 0 Å². The van der Waals surface area contributed by atoms with Gasteiger partial charge in [-0.25, -0.2) is 0 Å². The van der Waals surface area contributed by atoms with Gasteiger partial charge in [-0.1, -0.05) is 20.3 Å². The molecule has 182 valence electrons. The fourth-order valence-corrected chi connectivity index (χ4v) is 9.74. The summed E-state index contributed by atoms with van der Waals surface area (Å²) < 4.78 is 1.76. The number of rotatable bonds is 3. The van der Waals surface area contributed by atoms with Gasteiger partial charge >= 0.3 is 0 Å². The molecular formula is C28H43N3O2. The molecule has 4 saturated carbocycles. The molecule has 0 saturated heterocycles. The largest absolute Gasteiger partial charge is 0.390 e. The van der Waals surface area contributed by atoms with Crippen LogP contribution in [-0.2, 0) is 6.54 Å². The van der Waals surface area contributed by atoms with Gasteiger partial charge in [0, 0.05) is 6.20 Å². The Bertz CT molecular complexity index is 914. The molecule has 4 aliphatic rings. The third kappa shape index (κ3) is 3.96. The molecule has 0 aliphatic heterocycles. The molecule has 0 spiro atoms. The van der Waals surface area contributed by atoms with Gasteiger partial charge in [0.25, 0.3) is 0 Å². The van der Waals surface area contributed by atoms with Gasteiger partial charge in [0.05, 0.1) is 29.5 Å². The molecule has 5 nitrogen and oxygen atoms in total. The maximum absolute atomic E-state index is 11.8. The topological polar surface area (TPSA) is 82.1 Å². The van der Waals surface area contributed by atoms with Gasteiger partial charge in [0.15, 0.2) is 0 Å². The van der Waals surface area contributed by atoms with Crippen molar-refractivity contribution in [1.29, 1.82) is 5.26 Å². The van der Waals surface area contributed by atoms with Crippen LogP contribution >= 0.6 is 0 Å². The summed E-state index contributed by atoms with van der Waals surface area (Å²) >= 11 is 0. The van der Waals surface area contributed by atoms with E-state index in [1.165, 1.54) is 38.5 Å². The van der Waals surface area contributed by atoms with Gasteiger partial charge in [0.2, 0.25) is 0 Å². The average Bonchev–Trinajstić information content (AvgIpc) is 3.18. The SMILES string of the molecule is C[C@@H]1CC[C@H](C(C)(O)Cn2cc(C#N)cn2)[C@@]2(C)CC[C@H]3[C@@H](CC[C@@H]4C[C@](C)(O)CC[C@@H]43)[C@H]12. The Morgan fingerprint density at radius 3 is 2.61 bits per heavy atom. The number of aliphatic hydroxyl groups is 2. The van der Waals surface area contributed by atoms with Crippen LogP contribution < -0.4 is 0 Å². The Balaban J connectivity index is 1.39. The minimum Gasteiger partial charge on any atom is -0.390 e. The zero-order chi connectivity index (χ0) is 23.6. The lowest BCUT2D eigenvalue weighted by Gasteiger charge is -2.64. The van der Waals surface area contributed by atoms with Gasteiger partial charge in [-0.15, -0.1) is 0 Å². The number of fused-ring (bicyclic) bond motifs is 5. The summed E-state index contributed by atoms with van der Waals surface area (Å²) in [6.07, 6.45) is 13.8. The molecule has 5 heteroatoms. The van der Waals surface area contributed by atoms with E-state index in [0.717, 1.165) is 37.0 Å². The van der Waals surface area contributed by atoms with Crippen LogP contribution in [0, 0.1) is 58.2 Å². The molecule has 2 N–H and O–H groups in total. The molecule has 0 bridgehead atoms. The molecule has 0 aromatic carbocycles. The zero-order valence-electron chi connectivity index (χ0n) is 21.0. The number of nitrogens with zero attached hydrogens (tertiary/aromatic N) is 3. The van der Waals surface area contributed by atoms with E-state index >= 15 is 0 Å². The normalized spacial score (nSPS) is 46.9. The predicted octanol–water partition coefficient (Wildman–Crippen LogP) is 5.16. The maximum atomic E-state index is 11.8. The van der Waals surface area contributed by atoms with Gasteiger partial charge in [-0.2, -0.15) is 10.4 Å². The first-order valence-electron chi connectivity index (χ1n) is 13.4. The molecule has 1 aromatic heterocycles. The first-order valence-corrected chi connectivity index (χ1v) is 13.4. The van der Waals surface area contributed by atoms with Gasteiger partial charge in [0.1, 0.15) is 6.07 Å². The quantitative estimate of drug-likeness (QED) is 0.662. The number of aromatic nitrogens is 2. The Morgan fingerprint density at radius 1 is 1.12 bits per heavy atom. The van der Waals surface area contributed by atoms with Crippen LogP contribution in [0.25, 0.3) is 0 Å². The van der Waals surface area contributed by atoms with Crippen molar-refractivity contribution in [2.75, 3.05) is 0 Å². The minimum atomic E-state index is -0.848. The van der Waals surface area contributed by atoms with E-state index in [1.54, 1.807) is 17.1 Å². The highest BCUT2D eigenvalue weighted by Gasteiger charge is 2.60. The van der Waals surface area contributed by atoms with Crippen LogP contribution in [0.5, 0.6) is 0 Å². The summed E-state index contributed by atoms with van der Waals surface area (Å²) in [7, 11) is 0. The van der Waals surface area contributed by atoms with Crippen LogP contribution in [0.1, 0.15) is 91.0 Å². The van der Waals surface area contributed by atoms with Crippen LogP contribution in [0.15, 0.2) is 12.4 Å². The molecular weight excluding hydrogens is 410 g/mol. The van der Waals surface area contributed by atoms with Crippen LogP contribution in [-0.4, -0.2) is 31.2 Å². The predicted molar refractivity (Wildman–Crippen MR) is 128 cm³/mol. The van der Waals surface area contributed by atoms with Crippen molar-refractivity contribution in [2.24, 2.45) is 46.8 Å². The molecule has 5 rings (SSSR count). The fraction of sp³-hybridized carbons (Fsp3) is 0.857. The van der Waals surface area contributed by atoms with E-state index in [-0.39, 0.29) is 11.3 Å². The summed E-state index contributed by atoms with van der Waals surface area (Å²) in [6, 6.07) is 2.15. The van der Waals surface area contributed by atoms with Crippen molar-refractivity contribution in [3.05, 3.63) is 18.0 Å². The second kappa shape index (κ2) is 8.09. The van der Waals surface area contributed by atoms with Crippen molar-refractivity contribution in [2.45, 2.75) is 103 Å². The monoisotopic (exact) mass is 453 g/mol. The lowest BCUT2D eigenvalue weighted by molar-refractivity contribution is -0.184. The van der Waals surface area contributed by atoms with Gasteiger partial charge in [-0.05, 0) is 112 Å². The number of hydrogen-bond donors (Lipinski definition) is 2. The Hall–Kier alpha value is -1.38. The van der Waals surface area contributed by atoms with Crippen LogP contribution in [0.2, 0.25) is 0 Å². The summed E-state index contributed by atoms with van der Waals surface area (Å²) in [5.74, 6) is 4.66. The van der Waals surface area contributed by atoms with Crippen molar-refractivity contribution < 1.29 is 10.2 Å². The van der Waals surface area contributed by atoms with E-state index in [0.29, 0.717) is 29.9 Å². The summed E-state index contributed by atoms with van der Waals surface area (Å²) in [4.78, 5) is 0. The highest BCUT2D eigenvalue weighted by atomic mass is 16.3. The van der Waals surface area contributed by atoms with Crippen molar-refractivity contribution >= 4 is 0 Å². The van der Waals surface area contributed by atoms with E-state index in [2.05, 4.69) is 25.0 Å². The van der Waals surface area contributed by atoms with E-state index in [1.807, 2.05) is 13.8 Å². The molecule has 0 radical (unpaired) electrons. The van der Waals surface area contributed by atoms with Gasteiger partial charge < -0.3 is 10.2 Å². The molecule has 4 aliphatic carbocycles. The molecule has 4 fully saturated rings. The molecule has 33 heavy (non-hydrogen) atoms. The summed E-state index contributed by atoms with van der Waals surface area (Å²) in [6.45, 7) is 9.47. The Kier molecular flexibility index (Phi) is 5.73. The lowest BCUT2D eigenvalue weighted by atomic mass is 9.41. The average molecular weight is 454 g/mol.